The van der Waals surface area contributed by atoms with Crippen LogP contribution in [-0.2, 0) is 4.74 Å². The molecule has 86 valence electrons. The minimum Gasteiger partial charge on any atom is -0.496 e. The third-order valence-electron chi connectivity index (χ3n) is 1.90. The summed E-state index contributed by atoms with van der Waals surface area (Å²) in [6.07, 6.45) is 0. The molecule has 0 bridgehead atoms. The zero-order valence-corrected chi connectivity index (χ0v) is 8.93. The highest BCUT2D eigenvalue weighted by Crippen LogP contribution is 2.28. The van der Waals surface area contributed by atoms with Gasteiger partial charge in [0.1, 0.15) is 5.75 Å². The Morgan fingerprint density at radius 3 is 2.69 bits per heavy atom. The molecule has 0 aromatic heterocycles. The van der Waals surface area contributed by atoms with Crippen LogP contribution in [0.15, 0.2) is 18.2 Å². The minimum absolute atomic E-state index is 0.132. The number of carbonyl (C=O) groups is 1. The van der Waals surface area contributed by atoms with Crippen molar-refractivity contribution in [2.75, 3.05) is 13.7 Å². The van der Waals surface area contributed by atoms with Gasteiger partial charge in [-0.2, -0.15) is 0 Å². The molecule has 0 saturated carbocycles. The molecule has 0 atom stereocenters. The summed E-state index contributed by atoms with van der Waals surface area (Å²) in [6, 6.07) is 4.15. The Kier molecular flexibility index (Phi) is 3.82. The van der Waals surface area contributed by atoms with Gasteiger partial charge in [0.2, 0.25) is 0 Å². The highest BCUT2D eigenvalue weighted by molar-refractivity contribution is 5.97. The molecule has 0 aliphatic heterocycles. The third kappa shape index (κ3) is 2.28. The first kappa shape index (κ1) is 12.0. The number of methoxy groups -OCH3 is 1. The Balaban J connectivity index is 3.30. The van der Waals surface area contributed by atoms with Crippen molar-refractivity contribution in [1.82, 2.24) is 0 Å². The summed E-state index contributed by atoms with van der Waals surface area (Å²) in [6.45, 7) is 1.77. The number of ether oxygens (including phenoxy) is 2. The predicted octanol–water partition coefficient (Wildman–Crippen LogP) is 1.78. The van der Waals surface area contributed by atoms with Crippen LogP contribution in [0.25, 0.3) is 0 Å². The lowest BCUT2D eigenvalue weighted by molar-refractivity contribution is -0.385. The molecule has 6 heteroatoms. The third-order valence-corrected chi connectivity index (χ3v) is 1.90. The molecule has 1 aromatic rings. The fourth-order valence-corrected chi connectivity index (χ4v) is 1.25. The maximum atomic E-state index is 11.5. The number of hydrogen-bond donors (Lipinski definition) is 0. The van der Waals surface area contributed by atoms with Crippen molar-refractivity contribution in [2.24, 2.45) is 0 Å². The summed E-state index contributed by atoms with van der Waals surface area (Å²) in [5.74, 6) is -0.626. The fraction of sp³-hybridized carbons (Fsp3) is 0.300. The Bertz CT molecular complexity index is 416. The van der Waals surface area contributed by atoms with Crippen LogP contribution in [0.3, 0.4) is 0 Å². The SMILES string of the molecule is CCOC(=O)c1c(OC)cccc1[N+](=O)[O-]. The van der Waals surface area contributed by atoms with Crippen LogP contribution in [0.5, 0.6) is 5.75 Å². The summed E-state index contributed by atoms with van der Waals surface area (Å²) in [7, 11) is 1.34. The van der Waals surface area contributed by atoms with Crippen molar-refractivity contribution in [3.05, 3.63) is 33.9 Å². The van der Waals surface area contributed by atoms with Gasteiger partial charge >= 0.3 is 5.97 Å². The molecule has 0 N–H and O–H groups in total. The number of nitrogens with zero attached hydrogens (tertiary/aromatic N) is 1. The molecule has 0 fully saturated rings. The Labute approximate surface area is 91.9 Å². The van der Waals surface area contributed by atoms with E-state index >= 15 is 0 Å². The van der Waals surface area contributed by atoms with Gasteiger partial charge in [-0.25, -0.2) is 4.79 Å². The smallest absolute Gasteiger partial charge is 0.349 e. The van der Waals surface area contributed by atoms with Crippen LogP contribution in [0.1, 0.15) is 17.3 Å². The van der Waals surface area contributed by atoms with Gasteiger partial charge in [-0.05, 0) is 13.0 Å². The van der Waals surface area contributed by atoms with Crippen molar-refractivity contribution in [3.8, 4) is 5.75 Å². The lowest BCUT2D eigenvalue weighted by atomic mass is 10.1. The largest absolute Gasteiger partial charge is 0.496 e. The van der Waals surface area contributed by atoms with Crippen molar-refractivity contribution in [3.63, 3.8) is 0 Å². The summed E-state index contributed by atoms with van der Waals surface area (Å²) in [5, 5.41) is 10.7. The molecule has 16 heavy (non-hydrogen) atoms. The van der Waals surface area contributed by atoms with E-state index in [-0.39, 0.29) is 23.6 Å². The molecule has 1 rings (SSSR count). The van der Waals surface area contributed by atoms with E-state index in [9.17, 15) is 14.9 Å². The second-order valence-corrected chi connectivity index (χ2v) is 2.83. The number of benzene rings is 1. The van der Waals surface area contributed by atoms with Crippen LogP contribution in [0, 0.1) is 10.1 Å². The van der Waals surface area contributed by atoms with Crippen LogP contribution in [0.4, 0.5) is 5.69 Å². The van der Waals surface area contributed by atoms with Crippen molar-refractivity contribution >= 4 is 11.7 Å². The average molecular weight is 225 g/mol. The monoisotopic (exact) mass is 225 g/mol. The van der Waals surface area contributed by atoms with E-state index in [0.29, 0.717) is 0 Å². The van der Waals surface area contributed by atoms with Gasteiger partial charge in [0.25, 0.3) is 5.69 Å². The standard InChI is InChI=1S/C10H11NO5/c1-3-16-10(12)9-7(11(13)14)5-4-6-8(9)15-2/h4-6H,3H2,1-2H3. The number of nitro benzene ring substituents is 1. The molecule has 1 aromatic carbocycles. The zero-order chi connectivity index (χ0) is 12.1. The molecule has 6 nitrogen and oxygen atoms in total. The highest BCUT2D eigenvalue weighted by atomic mass is 16.6. The van der Waals surface area contributed by atoms with Gasteiger partial charge in [-0.15, -0.1) is 0 Å². The topological polar surface area (TPSA) is 78.7 Å². The lowest BCUT2D eigenvalue weighted by Gasteiger charge is -2.07. The number of esters is 1. The maximum Gasteiger partial charge on any atom is 0.349 e. The van der Waals surface area contributed by atoms with E-state index in [2.05, 4.69) is 0 Å². The Morgan fingerprint density at radius 2 is 2.19 bits per heavy atom. The zero-order valence-electron chi connectivity index (χ0n) is 8.93. The molecule has 0 radical (unpaired) electrons. The van der Waals surface area contributed by atoms with E-state index in [4.69, 9.17) is 9.47 Å². The van der Waals surface area contributed by atoms with Gasteiger partial charge in [-0.1, -0.05) is 6.07 Å². The molecular formula is C10H11NO5. The molecule has 0 saturated heterocycles. The van der Waals surface area contributed by atoms with E-state index < -0.39 is 10.9 Å². The number of rotatable bonds is 4. The molecule has 0 heterocycles. The Hall–Kier alpha value is -2.11. The van der Waals surface area contributed by atoms with Gasteiger partial charge < -0.3 is 9.47 Å². The maximum absolute atomic E-state index is 11.5. The van der Waals surface area contributed by atoms with Gasteiger partial charge in [0.15, 0.2) is 5.56 Å². The summed E-state index contributed by atoms with van der Waals surface area (Å²) in [5.41, 5.74) is -0.477. The average Bonchev–Trinajstić information content (AvgIpc) is 2.28. The first-order valence-corrected chi connectivity index (χ1v) is 4.60. The van der Waals surface area contributed by atoms with Crippen LogP contribution in [0.2, 0.25) is 0 Å². The fourth-order valence-electron chi connectivity index (χ4n) is 1.25. The van der Waals surface area contributed by atoms with Gasteiger partial charge in [0, 0.05) is 6.07 Å². The number of carbonyl (C=O) groups excluding carboxylic acids is 1. The second kappa shape index (κ2) is 5.11. The first-order valence-electron chi connectivity index (χ1n) is 4.60. The van der Waals surface area contributed by atoms with Crippen molar-refractivity contribution in [1.29, 1.82) is 0 Å². The van der Waals surface area contributed by atoms with E-state index in [1.807, 2.05) is 0 Å². The van der Waals surface area contributed by atoms with Crippen molar-refractivity contribution < 1.29 is 19.2 Å². The highest BCUT2D eigenvalue weighted by Gasteiger charge is 2.25. The quantitative estimate of drug-likeness (QED) is 0.443. The predicted molar refractivity (Wildman–Crippen MR) is 55.6 cm³/mol. The van der Waals surface area contributed by atoms with Crippen LogP contribution >= 0.6 is 0 Å². The van der Waals surface area contributed by atoms with E-state index in [1.54, 1.807) is 6.92 Å². The normalized spacial score (nSPS) is 9.62. The molecule has 0 aliphatic rings. The molecule has 0 unspecified atom stereocenters. The van der Waals surface area contributed by atoms with E-state index in [1.165, 1.54) is 25.3 Å². The Morgan fingerprint density at radius 1 is 1.50 bits per heavy atom. The van der Waals surface area contributed by atoms with Crippen molar-refractivity contribution in [2.45, 2.75) is 6.92 Å². The lowest BCUT2D eigenvalue weighted by Crippen LogP contribution is -2.09. The minimum atomic E-state index is -0.758. The van der Waals surface area contributed by atoms with Gasteiger partial charge in [-0.3, -0.25) is 10.1 Å². The van der Waals surface area contributed by atoms with Crippen LogP contribution < -0.4 is 4.74 Å². The summed E-state index contributed by atoms with van der Waals surface area (Å²) in [4.78, 5) is 21.6. The second-order valence-electron chi connectivity index (χ2n) is 2.83. The first-order chi connectivity index (χ1) is 7.61. The molecular weight excluding hydrogens is 214 g/mol. The number of hydrogen-bond acceptors (Lipinski definition) is 5. The summed E-state index contributed by atoms with van der Waals surface area (Å²) < 4.78 is 9.64. The van der Waals surface area contributed by atoms with Gasteiger partial charge in [0.05, 0.1) is 18.6 Å². The van der Waals surface area contributed by atoms with E-state index in [0.717, 1.165) is 0 Å². The summed E-state index contributed by atoms with van der Waals surface area (Å²) >= 11 is 0. The number of nitro groups is 1. The van der Waals surface area contributed by atoms with Crippen LogP contribution in [-0.4, -0.2) is 24.6 Å². The molecule has 0 spiro atoms. The molecule has 0 amide bonds. The molecule has 0 aliphatic carbocycles.